The Balaban J connectivity index is 2.13. The molecule has 4 heteroatoms. The van der Waals surface area contributed by atoms with Crippen molar-refractivity contribution in [3.63, 3.8) is 0 Å². The van der Waals surface area contributed by atoms with Crippen LogP contribution in [0.4, 0.5) is 5.69 Å². The molecule has 2 aromatic rings. The second-order valence-corrected chi connectivity index (χ2v) is 3.88. The predicted molar refractivity (Wildman–Crippen MR) is 72.1 cm³/mol. The maximum absolute atomic E-state index is 12.0. The van der Waals surface area contributed by atoms with E-state index in [-0.39, 0.29) is 5.91 Å². The normalized spacial score (nSPS) is 9.47. The molecule has 0 heterocycles. The average molecular weight is 252 g/mol. The molecule has 0 saturated carbocycles. The summed E-state index contributed by atoms with van der Waals surface area (Å²) < 4.78 is 5.03. The lowest BCUT2D eigenvalue weighted by molar-refractivity contribution is 0.102. The Bertz CT molecular complexity index is 627. The highest BCUT2D eigenvalue weighted by molar-refractivity contribution is 6.04. The van der Waals surface area contributed by atoms with Gasteiger partial charge in [-0.15, -0.1) is 0 Å². The zero-order valence-corrected chi connectivity index (χ0v) is 10.4. The van der Waals surface area contributed by atoms with Gasteiger partial charge in [0, 0.05) is 11.3 Å². The Labute approximate surface area is 111 Å². The molecule has 4 nitrogen and oxygen atoms in total. The number of rotatable bonds is 3. The van der Waals surface area contributed by atoms with Crippen molar-refractivity contribution in [3.05, 3.63) is 59.7 Å². The van der Waals surface area contributed by atoms with E-state index in [9.17, 15) is 4.79 Å². The summed E-state index contributed by atoms with van der Waals surface area (Å²) in [6.07, 6.45) is 0. The predicted octanol–water partition coefficient (Wildman–Crippen LogP) is 2.82. The third kappa shape index (κ3) is 3.11. The fourth-order valence-corrected chi connectivity index (χ4v) is 1.61. The van der Waals surface area contributed by atoms with Crippen LogP contribution >= 0.6 is 0 Å². The highest BCUT2D eigenvalue weighted by Crippen LogP contribution is 2.14. The van der Waals surface area contributed by atoms with Crippen LogP contribution in [0.1, 0.15) is 15.9 Å². The SMILES string of the molecule is COc1ccc(C(=O)Nc2cccc(C#N)c2)cc1. The van der Waals surface area contributed by atoms with Gasteiger partial charge in [-0.2, -0.15) is 5.26 Å². The van der Waals surface area contributed by atoms with E-state index >= 15 is 0 Å². The van der Waals surface area contributed by atoms with Crippen molar-refractivity contribution in [2.75, 3.05) is 12.4 Å². The van der Waals surface area contributed by atoms with Gasteiger partial charge in [-0.1, -0.05) is 6.07 Å². The molecule has 0 saturated heterocycles. The van der Waals surface area contributed by atoms with E-state index in [0.717, 1.165) is 0 Å². The first-order chi connectivity index (χ1) is 9.22. The summed E-state index contributed by atoms with van der Waals surface area (Å²) in [6.45, 7) is 0. The molecule has 2 aromatic carbocycles. The van der Waals surface area contributed by atoms with Gasteiger partial charge in [-0.25, -0.2) is 0 Å². The van der Waals surface area contributed by atoms with E-state index in [2.05, 4.69) is 5.32 Å². The van der Waals surface area contributed by atoms with Gasteiger partial charge in [-0.3, -0.25) is 4.79 Å². The molecule has 0 aromatic heterocycles. The zero-order valence-electron chi connectivity index (χ0n) is 10.4. The van der Waals surface area contributed by atoms with Crippen LogP contribution in [0.15, 0.2) is 48.5 Å². The first kappa shape index (κ1) is 12.7. The molecular formula is C15H12N2O2. The van der Waals surface area contributed by atoms with Gasteiger partial charge in [0.05, 0.1) is 18.7 Å². The number of carbonyl (C=O) groups is 1. The summed E-state index contributed by atoms with van der Waals surface area (Å²) in [7, 11) is 1.57. The maximum Gasteiger partial charge on any atom is 0.255 e. The van der Waals surface area contributed by atoms with Gasteiger partial charge in [0.2, 0.25) is 0 Å². The van der Waals surface area contributed by atoms with Crippen LogP contribution < -0.4 is 10.1 Å². The Morgan fingerprint density at radius 1 is 1.21 bits per heavy atom. The Hall–Kier alpha value is -2.80. The molecule has 0 atom stereocenters. The van der Waals surface area contributed by atoms with Crippen LogP contribution in [0, 0.1) is 11.3 Å². The molecule has 0 aliphatic heterocycles. The number of methoxy groups -OCH3 is 1. The van der Waals surface area contributed by atoms with Crippen molar-refractivity contribution in [1.82, 2.24) is 0 Å². The average Bonchev–Trinajstić information content (AvgIpc) is 2.47. The monoisotopic (exact) mass is 252 g/mol. The minimum Gasteiger partial charge on any atom is -0.497 e. The third-order valence-corrected chi connectivity index (χ3v) is 2.60. The lowest BCUT2D eigenvalue weighted by Gasteiger charge is -2.06. The van der Waals surface area contributed by atoms with Crippen LogP contribution in [-0.2, 0) is 0 Å². The first-order valence-corrected chi connectivity index (χ1v) is 5.68. The largest absolute Gasteiger partial charge is 0.497 e. The molecule has 94 valence electrons. The third-order valence-electron chi connectivity index (χ3n) is 2.60. The Kier molecular flexibility index (Phi) is 3.79. The summed E-state index contributed by atoms with van der Waals surface area (Å²) in [5.41, 5.74) is 1.63. The standard InChI is InChI=1S/C15H12N2O2/c1-19-14-7-5-12(6-8-14)15(18)17-13-4-2-3-11(9-13)10-16/h2-9H,1H3,(H,17,18). The number of nitriles is 1. The Morgan fingerprint density at radius 3 is 2.58 bits per heavy atom. The molecule has 1 amide bonds. The minimum atomic E-state index is -0.224. The summed E-state index contributed by atoms with van der Waals surface area (Å²) in [4.78, 5) is 12.0. The first-order valence-electron chi connectivity index (χ1n) is 5.68. The summed E-state index contributed by atoms with van der Waals surface area (Å²) >= 11 is 0. The van der Waals surface area contributed by atoms with Crippen molar-refractivity contribution in [2.45, 2.75) is 0 Å². The number of nitrogens with zero attached hydrogens (tertiary/aromatic N) is 1. The van der Waals surface area contributed by atoms with E-state index in [0.29, 0.717) is 22.6 Å². The number of anilines is 1. The van der Waals surface area contributed by atoms with E-state index < -0.39 is 0 Å². The van der Waals surface area contributed by atoms with Gasteiger partial charge >= 0.3 is 0 Å². The number of nitrogens with one attached hydrogen (secondary N) is 1. The van der Waals surface area contributed by atoms with Crippen LogP contribution in [-0.4, -0.2) is 13.0 Å². The van der Waals surface area contributed by atoms with E-state index in [4.69, 9.17) is 10.00 Å². The van der Waals surface area contributed by atoms with Crippen LogP contribution in [0.25, 0.3) is 0 Å². The highest BCUT2D eigenvalue weighted by atomic mass is 16.5. The Morgan fingerprint density at radius 2 is 1.95 bits per heavy atom. The number of hydrogen-bond acceptors (Lipinski definition) is 3. The summed E-state index contributed by atoms with van der Waals surface area (Å²) in [5.74, 6) is 0.473. The number of hydrogen-bond donors (Lipinski definition) is 1. The molecule has 0 fully saturated rings. The number of carbonyl (C=O) groups excluding carboxylic acids is 1. The fourth-order valence-electron chi connectivity index (χ4n) is 1.61. The molecule has 2 rings (SSSR count). The van der Waals surface area contributed by atoms with Gasteiger partial charge in [-0.05, 0) is 42.5 Å². The fraction of sp³-hybridized carbons (Fsp3) is 0.0667. The number of ether oxygens (including phenoxy) is 1. The number of amides is 1. The number of benzene rings is 2. The quantitative estimate of drug-likeness (QED) is 0.913. The molecule has 0 unspecified atom stereocenters. The molecule has 0 spiro atoms. The van der Waals surface area contributed by atoms with Gasteiger partial charge < -0.3 is 10.1 Å². The van der Waals surface area contributed by atoms with Crippen LogP contribution in [0.5, 0.6) is 5.75 Å². The van der Waals surface area contributed by atoms with Crippen molar-refractivity contribution >= 4 is 11.6 Å². The minimum absolute atomic E-state index is 0.224. The van der Waals surface area contributed by atoms with Gasteiger partial charge in [0.1, 0.15) is 5.75 Å². The lowest BCUT2D eigenvalue weighted by Crippen LogP contribution is -2.11. The maximum atomic E-state index is 12.0. The molecule has 1 N–H and O–H groups in total. The zero-order chi connectivity index (χ0) is 13.7. The lowest BCUT2D eigenvalue weighted by atomic mass is 10.2. The van der Waals surface area contributed by atoms with Gasteiger partial charge in [0.25, 0.3) is 5.91 Å². The summed E-state index contributed by atoms with van der Waals surface area (Å²) in [5, 5.41) is 11.5. The highest BCUT2D eigenvalue weighted by Gasteiger charge is 2.06. The van der Waals surface area contributed by atoms with Gasteiger partial charge in [0.15, 0.2) is 0 Å². The molecule has 19 heavy (non-hydrogen) atoms. The van der Waals surface area contributed by atoms with E-state index in [1.165, 1.54) is 0 Å². The van der Waals surface area contributed by atoms with Crippen LogP contribution in [0.3, 0.4) is 0 Å². The van der Waals surface area contributed by atoms with Crippen molar-refractivity contribution < 1.29 is 9.53 Å². The van der Waals surface area contributed by atoms with Crippen molar-refractivity contribution in [3.8, 4) is 11.8 Å². The second kappa shape index (κ2) is 5.69. The molecular weight excluding hydrogens is 240 g/mol. The van der Waals surface area contributed by atoms with E-state index in [1.807, 2.05) is 6.07 Å². The molecule has 0 radical (unpaired) electrons. The smallest absolute Gasteiger partial charge is 0.255 e. The van der Waals surface area contributed by atoms with E-state index in [1.54, 1.807) is 55.6 Å². The summed E-state index contributed by atoms with van der Waals surface area (Å²) in [6, 6.07) is 15.6. The second-order valence-electron chi connectivity index (χ2n) is 3.88. The van der Waals surface area contributed by atoms with Crippen LogP contribution in [0.2, 0.25) is 0 Å². The topological polar surface area (TPSA) is 62.1 Å². The molecule has 0 bridgehead atoms. The molecule has 0 aliphatic carbocycles. The van der Waals surface area contributed by atoms with Crippen molar-refractivity contribution in [2.24, 2.45) is 0 Å². The van der Waals surface area contributed by atoms with Crippen molar-refractivity contribution in [1.29, 1.82) is 5.26 Å². The molecule has 0 aliphatic rings.